The van der Waals surface area contributed by atoms with Gasteiger partial charge < -0.3 is 15.3 Å². The normalized spacial score (nSPS) is 19.1. The van der Waals surface area contributed by atoms with E-state index in [1.54, 1.807) is 0 Å². The number of nitrogens with zero attached hydrogens (tertiary/aromatic N) is 1. The average molecular weight is 311 g/mol. The monoisotopic (exact) mass is 310 g/mol. The van der Waals surface area contributed by atoms with Gasteiger partial charge in [0, 0.05) is 18.1 Å². The van der Waals surface area contributed by atoms with E-state index in [0.29, 0.717) is 24.0 Å². The van der Waals surface area contributed by atoms with E-state index in [1.165, 1.54) is 0 Å². The predicted molar refractivity (Wildman–Crippen MR) is 84.4 cm³/mol. The van der Waals surface area contributed by atoms with E-state index in [9.17, 15) is 9.90 Å². The van der Waals surface area contributed by atoms with Gasteiger partial charge in [0.25, 0.3) is 0 Å². The SMILES string of the molecule is CC(NC(=O)N1CCC(C(C)O)CC1)c1cccc(Cl)c1. The van der Waals surface area contributed by atoms with Crippen molar-refractivity contribution in [1.82, 2.24) is 10.2 Å². The Kier molecular flexibility index (Phi) is 5.48. The lowest BCUT2D eigenvalue weighted by molar-refractivity contribution is 0.0794. The van der Waals surface area contributed by atoms with E-state index >= 15 is 0 Å². The van der Waals surface area contributed by atoms with Gasteiger partial charge in [-0.1, -0.05) is 23.7 Å². The van der Waals surface area contributed by atoms with E-state index in [-0.39, 0.29) is 18.2 Å². The average Bonchev–Trinajstić information content (AvgIpc) is 2.47. The van der Waals surface area contributed by atoms with E-state index < -0.39 is 0 Å². The summed E-state index contributed by atoms with van der Waals surface area (Å²) in [4.78, 5) is 14.1. The largest absolute Gasteiger partial charge is 0.393 e. The molecule has 1 aliphatic rings. The molecule has 0 saturated carbocycles. The van der Waals surface area contributed by atoms with Crippen LogP contribution in [0.1, 0.15) is 38.3 Å². The molecule has 1 heterocycles. The summed E-state index contributed by atoms with van der Waals surface area (Å²) < 4.78 is 0. The van der Waals surface area contributed by atoms with Crippen LogP contribution in [0, 0.1) is 5.92 Å². The molecule has 1 aromatic rings. The van der Waals surface area contributed by atoms with Crippen molar-refractivity contribution in [3.63, 3.8) is 0 Å². The minimum Gasteiger partial charge on any atom is -0.393 e. The Morgan fingerprint density at radius 3 is 2.62 bits per heavy atom. The Bertz CT molecular complexity index is 485. The number of hydrogen-bond donors (Lipinski definition) is 2. The summed E-state index contributed by atoms with van der Waals surface area (Å²) in [6.45, 7) is 5.17. The van der Waals surface area contributed by atoms with Crippen LogP contribution in [0.4, 0.5) is 4.79 Å². The molecule has 0 radical (unpaired) electrons. The zero-order valence-electron chi connectivity index (χ0n) is 12.6. The van der Waals surface area contributed by atoms with Crippen molar-refractivity contribution in [3.05, 3.63) is 34.9 Å². The number of hydrogen-bond acceptors (Lipinski definition) is 2. The zero-order valence-corrected chi connectivity index (χ0v) is 13.3. The molecule has 1 fully saturated rings. The standard InChI is InChI=1S/C16H23ClN2O2/c1-11(14-4-3-5-15(17)10-14)18-16(21)19-8-6-13(7-9-19)12(2)20/h3-5,10-13,20H,6-9H2,1-2H3,(H,18,21). The van der Waals surface area contributed by atoms with E-state index in [4.69, 9.17) is 11.6 Å². The second kappa shape index (κ2) is 7.14. The first kappa shape index (κ1) is 16.1. The number of aliphatic hydroxyl groups is 1. The Morgan fingerprint density at radius 1 is 1.38 bits per heavy atom. The fourth-order valence-corrected chi connectivity index (χ4v) is 2.92. The van der Waals surface area contributed by atoms with Crippen molar-refractivity contribution < 1.29 is 9.90 Å². The van der Waals surface area contributed by atoms with Crippen LogP contribution in [0.25, 0.3) is 0 Å². The molecule has 1 aliphatic heterocycles. The Labute approximate surface area is 131 Å². The van der Waals surface area contributed by atoms with Gasteiger partial charge in [-0.3, -0.25) is 0 Å². The third-order valence-corrected chi connectivity index (χ3v) is 4.43. The van der Waals surface area contributed by atoms with Crippen LogP contribution in [-0.2, 0) is 0 Å². The molecule has 2 atom stereocenters. The van der Waals surface area contributed by atoms with Crippen LogP contribution in [-0.4, -0.2) is 35.2 Å². The van der Waals surface area contributed by atoms with Crippen molar-refractivity contribution in [2.24, 2.45) is 5.92 Å². The molecule has 0 spiro atoms. The van der Waals surface area contributed by atoms with Crippen molar-refractivity contribution in [2.45, 2.75) is 38.8 Å². The molecule has 2 amide bonds. The van der Waals surface area contributed by atoms with Crippen LogP contribution in [0.5, 0.6) is 0 Å². The van der Waals surface area contributed by atoms with Gasteiger partial charge in [-0.25, -0.2) is 4.79 Å². The van der Waals surface area contributed by atoms with Crippen LogP contribution >= 0.6 is 11.6 Å². The lowest BCUT2D eigenvalue weighted by atomic mass is 9.92. The molecular formula is C16H23ClN2O2. The zero-order chi connectivity index (χ0) is 15.4. The van der Waals surface area contributed by atoms with Gasteiger partial charge in [0.05, 0.1) is 12.1 Å². The van der Waals surface area contributed by atoms with Gasteiger partial charge >= 0.3 is 6.03 Å². The van der Waals surface area contributed by atoms with E-state index in [0.717, 1.165) is 18.4 Å². The molecule has 4 nitrogen and oxygen atoms in total. The molecule has 2 N–H and O–H groups in total. The third-order valence-electron chi connectivity index (χ3n) is 4.20. The van der Waals surface area contributed by atoms with Gasteiger partial charge in [0.15, 0.2) is 0 Å². The summed E-state index contributed by atoms with van der Waals surface area (Å²) in [7, 11) is 0. The number of carbonyl (C=O) groups excluding carboxylic acids is 1. The molecule has 5 heteroatoms. The molecule has 116 valence electrons. The maximum Gasteiger partial charge on any atom is 0.317 e. The molecule has 0 aromatic heterocycles. The molecule has 2 rings (SSSR count). The number of urea groups is 1. The van der Waals surface area contributed by atoms with Crippen LogP contribution in [0.3, 0.4) is 0 Å². The van der Waals surface area contributed by atoms with E-state index in [1.807, 2.05) is 43.0 Å². The summed E-state index contributed by atoms with van der Waals surface area (Å²) >= 11 is 5.97. The minimum absolute atomic E-state index is 0.0495. The molecule has 2 unspecified atom stereocenters. The van der Waals surface area contributed by atoms with Crippen LogP contribution < -0.4 is 5.32 Å². The highest BCUT2D eigenvalue weighted by Crippen LogP contribution is 2.22. The summed E-state index contributed by atoms with van der Waals surface area (Å²) in [5, 5.41) is 13.3. The van der Waals surface area contributed by atoms with Gasteiger partial charge in [0.1, 0.15) is 0 Å². The van der Waals surface area contributed by atoms with Crippen LogP contribution in [0.15, 0.2) is 24.3 Å². The summed E-state index contributed by atoms with van der Waals surface area (Å²) in [6, 6.07) is 7.40. The van der Waals surface area contributed by atoms with Crippen molar-refractivity contribution in [1.29, 1.82) is 0 Å². The van der Waals surface area contributed by atoms with Crippen molar-refractivity contribution in [2.75, 3.05) is 13.1 Å². The number of halogens is 1. The number of piperidine rings is 1. The highest BCUT2D eigenvalue weighted by molar-refractivity contribution is 6.30. The van der Waals surface area contributed by atoms with Crippen LogP contribution in [0.2, 0.25) is 5.02 Å². The van der Waals surface area contributed by atoms with Gasteiger partial charge in [-0.2, -0.15) is 0 Å². The van der Waals surface area contributed by atoms with Gasteiger partial charge in [0.2, 0.25) is 0 Å². The first-order valence-electron chi connectivity index (χ1n) is 7.46. The Morgan fingerprint density at radius 2 is 2.05 bits per heavy atom. The second-order valence-electron chi connectivity index (χ2n) is 5.79. The fraction of sp³-hybridized carbons (Fsp3) is 0.562. The topological polar surface area (TPSA) is 52.6 Å². The van der Waals surface area contributed by atoms with Gasteiger partial charge in [-0.15, -0.1) is 0 Å². The molecule has 0 aliphatic carbocycles. The third kappa shape index (κ3) is 4.35. The number of carbonyl (C=O) groups is 1. The Balaban J connectivity index is 1.87. The van der Waals surface area contributed by atoms with Gasteiger partial charge in [-0.05, 0) is 50.3 Å². The van der Waals surface area contributed by atoms with E-state index in [2.05, 4.69) is 5.32 Å². The highest BCUT2D eigenvalue weighted by atomic mass is 35.5. The summed E-state index contributed by atoms with van der Waals surface area (Å²) in [5.74, 6) is 0.305. The molecule has 1 saturated heterocycles. The van der Waals surface area contributed by atoms with Crippen molar-refractivity contribution >= 4 is 17.6 Å². The smallest absolute Gasteiger partial charge is 0.317 e. The minimum atomic E-state index is -0.291. The molecule has 0 bridgehead atoms. The number of amides is 2. The maximum atomic E-state index is 12.3. The Hall–Kier alpha value is -1.26. The highest BCUT2D eigenvalue weighted by Gasteiger charge is 2.26. The molecule has 21 heavy (non-hydrogen) atoms. The number of aliphatic hydroxyl groups excluding tert-OH is 1. The number of benzene rings is 1. The first-order valence-corrected chi connectivity index (χ1v) is 7.84. The summed E-state index contributed by atoms with van der Waals surface area (Å²) in [6.07, 6.45) is 1.42. The number of likely N-dealkylation sites (tertiary alicyclic amines) is 1. The second-order valence-corrected chi connectivity index (χ2v) is 6.23. The van der Waals surface area contributed by atoms with Crippen molar-refractivity contribution in [3.8, 4) is 0 Å². The fourth-order valence-electron chi connectivity index (χ4n) is 2.72. The molecular weight excluding hydrogens is 288 g/mol. The maximum absolute atomic E-state index is 12.3. The first-order chi connectivity index (χ1) is 9.97. The number of rotatable bonds is 3. The predicted octanol–water partition coefficient (Wildman–Crippen LogP) is 3.20. The molecule has 1 aromatic carbocycles. The lowest BCUT2D eigenvalue weighted by Crippen LogP contribution is -2.46. The summed E-state index contributed by atoms with van der Waals surface area (Å²) in [5.41, 5.74) is 0.995. The number of nitrogens with one attached hydrogen (secondary N) is 1. The quantitative estimate of drug-likeness (QED) is 0.900. The lowest BCUT2D eigenvalue weighted by Gasteiger charge is -2.34.